The van der Waals surface area contributed by atoms with Gasteiger partial charge in [-0.1, -0.05) is 12.8 Å². The number of Topliss-reactive ketones (excluding diaryl/α,β-unsaturated/α-hetero) is 2. The molecule has 0 aromatic carbocycles. The predicted octanol–water partition coefficient (Wildman–Crippen LogP) is 4.37. The molecule has 2 aromatic rings. The first-order chi connectivity index (χ1) is 13.7. The second-order valence-electron chi connectivity index (χ2n) is 8.77. The SMILES string of the molecule is O=C(CCC1CC1)c1c(CC(=O)C2CC2)sc2c1CC(Cc1nnco1)CC2. The van der Waals surface area contributed by atoms with Crippen LogP contribution in [0.4, 0.5) is 0 Å². The lowest BCUT2D eigenvalue weighted by Crippen LogP contribution is -2.18. The van der Waals surface area contributed by atoms with E-state index in [-0.39, 0.29) is 11.7 Å². The van der Waals surface area contributed by atoms with Crippen LogP contribution in [0.15, 0.2) is 10.8 Å². The maximum atomic E-state index is 13.2. The zero-order valence-corrected chi connectivity index (χ0v) is 16.9. The van der Waals surface area contributed by atoms with Gasteiger partial charge in [0.25, 0.3) is 0 Å². The van der Waals surface area contributed by atoms with E-state index >= 15 is 0 Å². The molecule has 28 heavy (non-hydrogen) atoms. The first-order valence-electron chi connectivity index (χ1n) is 10.6. The summed E-state index contributed by atoms with van der Waals surface area (Å²) in [5.74, 6) is 2.69. The van der Waals surface area contributed by atoms with E-state index < -0.39 is 0 Å². The van der Waals surface area contributed by atoms with Crippen molar-refractivity contribution >= 4 is 22.9 Å². The van der Waals surface area contributed by atoms with Gasteiger partial charge in [0, 0.05) is 40.5 Å². The van der Waals surface area contributed by atoms with Gasteiger partial charge in [0.1, 0.15) is 5.78 Å². The highest BCUT2D eigenvalue weighted by atomic mass is 32.1. The van der Waals surface area contributed by atoms with Crippen LogP contribution in [0.5, 0.6) is 0 Å². The molecule has 2 fully saturated rings. The van der Waals surface area contributed by atoms with Crippen molar-refractivity contribution in [2.45, 2.75) is 70.6 Å². The van der Waals surface area contributed by atoms with E-state index in [9.17, 15) is 9.59 Å². The minimum absolute atomic E-state index is 0.249. The van der Waals surface area contributed by atoms with Crippen molar-refractivity contribution in [3.05, 3.63) is 33.2 Å². The number of aromatic nitrogens is 2. The van der Waals surface area contributed by atoms with Crippen molar-refractivity contribution < 1.29 is 14.0 Å². The van der Waals surface area contributed by atoms with Crippen molar-refractivity contribution in [2.24, 2.45) is 17.8 Å². The van der Waals surface area contributed by atoms with Crippen LogP contribution in [0.1, 0.15) is 76.5 Å². The first kappa shape index (κ1) is 18.2. The molecule has 1 atom stereocenters. The number of hydrogen-bond acceptors (Lipinski definition) is 6. The molecule has 3 aliphatic rings. The molecule has 0 saturated heterocycles. The number of carbonyl (C=O) groups excluding carboxylic acids is 2. The second-order valence-corrected chi connectivity index (χ2v) is 9.96. The van der Waals surface area contributed by atoms with Crippen LogP contribution in [-0.2, 0) is 30.5 Å². The molecule has 6 heteroatoms. The number of rotatable bonds is 9. The highest BCUT2D eigenvalue weighted by molar-refractivity contribution is 7.12. The summed E-state index contributed by atoms with van der Waals surface area (Å²) in [6, 6.07) is 0. The zero-order valence-electron chi connectivity index (χ0n) is 16.1. The van der Waals surface area contributed by atoms with E-state index in [1.54, 1.807) is 11.3 Å². The third-order valence-electron chi connectivity index (χ3n) is 6.43. The van der Waals surface area contributed by atoms with Gasteiger partial charge in [0.15, 0.2) is 5.78 Å². The lowest BCUT2D eigenvalue weighted by atomic mass is 9.82. The summed E-state index contributed by atoms with van der Waals surface area (Å²) in [6.45, 7) is 0. The molecule has 2 saturated carbocycles. The van der Waals surface area contributed by atoms with Gasteiger partial charge in [0.2, 0.25) is 12.3 Å². The number of nitrogens with zero attached hydrogens (tertiary/aromatic N) is 2. The highest BCUT2D eigenvalue weighted by Crippen LogP contribution is 2.41. The van der Waals surface area contributed by atoms with Crippen molar-refractivity contribution in [1.82, 2.24) is 10.2 Å². The van der Waals surface area contributed by atoms with E-state index in [2.05, 4.69) is 10.2 Å². The molecular formula is C22H26N2O3S. The molecule has 0 spiro atoms. The third-order valence-corrected chi connectivity index (χ3v) is 7.72. The van der Waals surface area contributed by atoms with Gasteiger partial charge < -0.3 is 4.42 Å². The number of aryl methyl sites for hydroxylation is 1. The van der Waals surface area contributed by atoms with Gasteiger partial charge in [-0.15, -0.1) is 21.5 Å². The average molecular weight is 399 g/mol. The predicted molar refractivity (Wildman–Crippen MR) is 106 cm³/mol. The molecule has 2 heterocycles. The maximum absolute atomic E-state index is 13.2. The monoisotopic (exact) mass is 398 g/mol. The Hall–Kier alpha value is -1.82. The Bertz CT molecular complexity index is 878. The van der Waals surface area contributed by atoms with Gasteiger partial charge >= 0.3 is 0 Å². The molecule has 0 bridgehead atoms. The fraction of sp³-hybridized carbons (Fsp3) is 0.636. The molecule has 5 nitrogen and oxygen atoms in total. The van der Waals surface area contributed by atoms with Gasteiger partial charge in [-0.3, -0.25) is 9.59 Å². The summed E-state index contributed by atoms with van der Waals surface area (Å²) in [5, 5.41) is 7.80. The second kappa shape index (κ2) is 7.54. The maximum Gasteiger partial charge on any atom is 0.216 e. The van der Waals surface area contributed by atoms with Crippen LogP contribution < -0.4 is 0 Å². The van der Waals surface area contributed by atoms with Crippen LogP contribution >= 0.6 is 11.3 Å². The zero-order chi connectivity index (χ0) is 19.1. The number of carbonyl (C=O) groups is 2. The van der Waals surface area contributed by atoms with Gasteiger partial charge in [-0.05, 0) is 55.9 Å². The van der Waals surface area contributed by atoms with Crippen LogP contribution in [-0.4, -0.2) is 21.8 Å². The Labute approximate surface area is 168 Å². The van der Waals surface area contributed by atoms with E-state index in [0.29, 0.717) is 30.4 Å². The molecule has 0 aliphatic heterocycles. The van der Waals surface area contributed by atoms with Gasteiger partial charge in [-0.25, -0.2) is 0 Å². The topological polar surface area (TPSA) is 73.1 Å². The molecule has 3 aliphatic carbocycles. The Morgan fingerprint density at radius 2 is 2.00 bits per heavy atom. The Morgan fingerprint density at radius 3 is 2.71 bits per heavy atom. The van der Waals surface area contributed by atoms with E-state index in [1.807, 2.05) is 0 Å². The van der Waals surface area contributed by atoms with Crippen LogP contribution in [0, 0.1) is 17.8 Å². The molecule has 5 rings (SSSR count). The average Bonchev–Trinajstić information content (AvgIpc) is 3.61. The molecule has 0 amide bonds. The van der Waals surface area contributed by atoms with Crippen molar-refractivity contribution in [2.75, 3.05) is 0 Å². The summed E-state index contributed by atoms with van der Waals surface area (Å²) in [4.78, 5) is 28.0. The first-order valence-corrected chi connectivity index (χ1v) is 11.4. The molecule has 2 aromatic heterocycles. The number of thiophene rings is 1. The van der Waals surface area contributed by atoms with E-state index in [4.69, 9.17) is 4.42 Å². The third kappa shape index (κ3) is 3.97. The molecule has 0 radical (unpaired) electrons. The highest BCUT2D eigenvalue weighted by Gasteiger charge is 2.34. The fourth-order valence-electron chi connectivity index (χ4n) is 4.44. The molecule has 0 N–H and O–H groups in total. The lowest BCUT2D eigenvalue weighted by Gasteiger charge is -2.21. The van der Waals surface area contributed by atoms with Gasteiger partial charge in [0.05, 0.1) is 0 Å². The largest absolute Gasteiger partial charge is 0.428 e. The lowest BCUT2D eigenvalue weighted by molar-refractivity contribution is -0.119. The summed E-state index contributed by atoms with van der Waals surface area (Å²) in [6.07, 6.45) is 11.8. The fourth-order valence-corrected chi connectivity index (χ4v) is 5.82. The number of ketones is 2. The summed E-state index contributed by atoms with van der Waals surface area (Å²) >= 11 is 1.73. The van der Waals surface area contributed by atoms with E-state index in [1.165, 1.54) is 29.7 Å². The minimum atomic E-state index is 0.249. The van der Waals surface area contributed by atoms with Crippen molar-refractivity contribution in [3.8, 4) is 0 Å². The molecule has 1 unspecified atom stereocenters. The van der Waals surface area contributed by atoms with Crippen molar-refractivity contribution in [1.29, 1.82) is 0 Å². The van der Waals surface area contributed by atoms with Crippen LogP contribution in [0.2, 0.25) is 0 Å². The summed E-state index contributed by atoms with van der Waals surface area (Å²) in [5.41, 5.74) is 2.13. The summed E-state index contributed by atoms with van der Waals surface area (Å²) < 4.78 is 5.33. The van der Waals surface area contributed by atoms with Crippen molar-refractivity contribution in [3.63, 3.8) is 0 Å². The number of hydrogen-bond donors (Lipinski definition) is 0. The smallest absolute Gasteiger partial charge is 0.216 e. The van der Waals surface area contributed by atoms with Crippen LogP contribution in [0.3, 0.4) is 0 Å². The quantitative estimate of drug-likeness (QED) is 0.586. The Balaban J connectivity index is 1.39. The minimum Gasteiger partial charge on any atom is -0.428 e. The number of fused-ring (bicyclic) bond motifs is 1. The molecule has 148 valence electrons. The van der Waals surface area contributed by atoms with Gasteiger partial charge in [-0.2, -0.15) is 0 Å². The molecular weight excluding hydrogens is 372 g/mol. The Morgan fingerprint density at radius 1 is 1.14 bits per heavy atom. The van der Waals surface area contributed by atoms with Crippen LogP contribution in [0.25, 0.3) is 0 Å². The summed E-state index contributed by atoms with van der Waals surface area (Å²) in [7, 11) is 0. The van der Waals surface area contributed by atoms with E-state index in [0.717, 1.165) is 61.3 Å². The normalized spacial score (nSPS) is 21.5. The Kier molecular flexibility index (Phi) is 4.91. The standard InChI is InChI=1S/C22H26N2O3S/c25-17(7-3-13-1-2-13)22-16-9-14(10-21-24-23-12-27-21)4-8-19(16)28-20(22)11-18(26)15-5-6-15/h12-15H,1-11H2.